The van der Waals surface area contributed by atoms with Gasteiger partial charge < -0.3 is 13.9 Å². The summed E-state index contributed by atoms with van der Waals surface area (Å²) in [5, 5.41) is 0. The van der Waals surface area contributed by atoms with Crippen LogP contribution in [0.15, 0.2) is 46.9 Å². The highest BCUT2D eigenvalue weighted by Gasteiger charge is 2.54. The summed E-state index contributed by atoms with van der Waals surface area (Å²) in [6.45, 7) is 0.0744. The fourth-order valence-electron chi connectivity index (χ4n) is 6.04. The first-order valence-corrected chi connectivity index (χ1v) is 10.6. The van der Waals surface area contributed by atoms with E-state index >= 15 is 0 Å². The highest BCUT2D eigenvalue weighted by atomic mass is 16.5. The van der Waals surface area contributed by atoms with E-state index in [0.717, 1.165) is 25.0 Å². The van der Waals surface area contributed by atoms with Gasteiger partial charge in [0.15, 0.2) is 12.4 Å². The summed E-state index contributed by atoms with van der Waals surface area (Å²) < 4.78 is 16.5. The Morgan fingerprint density at radius 3 is 2.24 bits per heavy atom. The van der Waals surface area contributed by atoms with E-state index in [1.807, 2.05) is 30.3 Å². The SMILES string of the molecule is O=C(OCC(=O)C12CC3CC(CC(C3)C1)C2)c1ccc(COc2ccccc2)o1. The first-order valence-electron chi connectivity index (χ1n) is 10.6. The molecule has 29 heavy (non-hydrogen) atoms. The molecule has 152 valence electrons. The van der Waals surface area contributed by atoms with Crippen molar-refractivity contribution in [2.75, 3.05) is 6.61 Å². The number of benzene rings is 1. The molecule has 1 aromatic carbocycles. The number of hydrogen-bond acceptors (Lipinski definition) is 5. The summed E-state index contributed by atoms with van der Waals surface area (Å²) in [7, 11) is 0. The quantitative estimate of drug-likeness (QED) is 0.631. The third-order valence-corrected chi connectivity index (χ3v) is 6.95. The molecule has 0 unspecified atom stereocenters. The third kappa shape index (κ3) is 3.70. The van der Waals surface area contributed by atoms with Gasteiger partial charge in [-0.15, -0.1) is 0 Å². The lowest BCUT2D eigenvalue weighted by atomic mass is 9.48. The molecule has 5 heteroatoms. The number of furan rings is 1. The summed E-state index contributed by atoms with van der Waals surface area (Å²) in [5.74, 6) is 2.96. The minimum absolute atomic E-state index is 0.101. The van der Waals surface area contributed by atoms with Gasteiger partial charge in [0.25, 0.3) is 0 Å². The molecule has 4 aliphatic rings. The molecule has 4 aliphatic carbocycles. The van der Waals surface area contributed by atoms with Gasteiger partial charge in [-0.25, -0.2) is 4.79 Å². The van der Waals surface area contributed by atoms with Gasteiger partial charge in [-0.2, -0.15) is 0 Å². The molecule has 6 rings (SSSR count). The molecule has 0 spiro atoms. The first kappa shape index (κ1) is 18.5. The summed E-state index contributed by atoms with van der Waals surface area (Å²) in [5.41, 5.74) is -0.243. The predicted molar refractivity (Wildman–Crippen MR) is 105 cm³/mol. The Kier molecular flexibility index (Phi) is 4.69. The van der Waals surface area contributed by atoms with Gasteiger partial charge in [0, 0.05) is 5.41 Å². The molecule has 0 saturated heterocycles. The van der Waals surface area contributed by atoms with Crippen molar-refractivity contribution < 1.29 is 23.5 Å². The standard InChI is InChI=1S/C24H26O5/c25-22(24-11-16-8-17(12-24)10-18(9-16)13-24)15-28-23(26)21-7-6-20(29-21)14-27-19-4-2-1-3-5-19/h1-7,16-18H,8-15H2. The number of Topliss-reactive ketones (excluding diaryl/α,β-unsaturated/α-hetero) is 1. The van der Waals surface area contributed by atoms with Crippen molar-refractivity contribution in [2.45, 2.75) is 45.1 Å². The van der Waals surface area contributed by atoms with Crippen LogP contribution in [0.25, 0.3) is 0 Å². The average molecular weight is 394 g/mol. The van der Waals surface area contributed by atoms with Crippen LogP contribution < -0.4 is 4.74 Å². The third-order valence-electron chi connectivity index (χ3n) is 6.95. The molecule has 4 fully saturated rings. The lowest BCUT2D eigenvalue weighted by molar-refractivity contribution is -0.147. The van der Waals surface area contributed by atoms with Crippen LogP contribution in [0.4, 0.5) is 0 Å². The molecule has 4 saturated carbocycles. The molecule has 0 radical (unpaired) electrons. The van der Waals surface area contributed by atoms with Crippen molar-refractivity contribution in [2.24, 2.45) is 23.2 Å². The Labute approximate surface area is 170 Å². The Balaban J connectivity index is 1.15. The maximum atomic E-state index is 13.0. The molecule has 5 nitrogen and oxygen atoms in total. The van der Waals surface area contributed by atoms with Gasteiger partial charge in [-0.1, -0.05) is 18.2 Å². The Hall–Kier alpha value is -2.56. The zero-order valence-electron chi connectivity index (χ0n) is 16.5. The van der Waals surface area contributed by atoms with E-state index in [-0.39, 0.29) is 30.2 Å². The van der Waals surface area contributed by atoms with Crippen LogP contribution in [0.2, 0.25) is 0 Å². The van der Waals surface area contributed by atoms with Crippen molar-refractivity contribution in [3.05, 3.63) is 54.0 Å². The number of ketones is 1. The van der Waals surface area contributed by atoms with E-state index in [0.29, 0.717) is 23.5 Å². The molecule has 0 aliphatic heterocycles. The van der Waals surface area contributed by atoms with Crippen molar-refractivity contribution in [1.82, 2.24) is 0 Å². The van der Waals surface area contributed by atoms with Gasteiger partial charge in [0.1, 0.15) is 18.1 Å². The maximum Gasteiger partial charge on any atom is 0.374 e. The van der Waals surface area contributed by atoms with Crippen LogP contribution in [0.1, 0.15) is 54.8 Å². The van der Waals surface area contributed by atoms with Gasteiger partial charge in [-0.05, 0) is 80.5 Å². The van der Waals surface area contributed by atoms with Gasteiger partial charge in [-0.3, -0.25) is 4.79 Å². The molecule has 1 heterocycles. The lowest BCUT2D eigenvalue weighted by Gasteiger charge is -2.55. The Morgan fingerprint density at radius 1 is 0.931 bits per heavy atom. The zero-order valence-corrected chi connectivity index (χ0v) is 16.5. The van der Waals surface area contributed by atoms with E-state index in [1.165, 1.54) is 19.3 Å². The second kappa shape index (κ2) is 7.36. The van der Waals surface area contributed by atoms with Crippen LogP contribution >= 0.6 is 0 Å². The number of rotatable bonds is 7. The first-order chi connectivity index (χ1) is 14.1. The number of esters is 1. The minimum Gasteiger partial charge on any atom is -0.486 e. The van der Waals surface area contributed by atoms with E-state index in [4.69, 9.17) is 13.9 Å². The Morgan fingerprint density at radius 2 is 1.59 bits per heavy atom. The highest BCUT2D eigenvalue weighted by molar-refractivity contribution is 5.91. The average Bonchev–Trinajstić information content (AvgIpc) is 3.19. The summed E-state index contributed by atoms with van der Waals surface area (Å²) in [6.07, 6.45) is 6.80. The molecule has 0 N–H and O–H groups in total. The van der Waals surface area contributed by atoms with Crippen LogP contribution in [0.3, 0.4) is 0 Å². The summed E-state index contributed by atoms with van der Waals surface area (Å²) in [6, 6.07) is 12.7. The maximum absolute atomic E-state index is 13.0. The van der Waals surface area contributed by atoms with Crippen molar-refractivity contribution in [3.8, 4) is 5.75 Å². The zero-order chi connectivity index (χ0) is 19.8. The molecule has 1 aromatic heterocycles. The van der Waals surface area contributed by atoms with Crippen molar-refractivity contribution in [1.29, 1.82) is 0 Å². The lowest BCUT2D eigenvalue weighted by Crippen LogP contribution is -2.51. The fourth-order valence-corrected chi connectivity index (χ4v) is 6.04. The monoisotopic (exact) mass is 394 g/mol. The fraction of sp³-hybridized carbons (Fsp3) is 0.500. The Bertz CT molecular complexity index is 862. The molecule has 0 atom stereocenters. The molecular weight excluding hydrogens is 368 g/mol. The van der Waals surface area contributed by atoms with Crippen LogP contribution in [0.5, 0.6) is 5.75 Å². The number of para-hydroxylation sites is 1. The van der Waals surface area contributed by atoms with Gasteiger partial charge in [0.05, 0.1) is 0 Å². The van der Waals surface area contributed by atoms with Crippen LogP contribution in [0, 0.1) is 23.2 Å². The van der Waals surface area contributed by atoms with Gasteiger partial charge >= 0.3 is 5.97 Å². The number of ether oxygens (including phenoxy) is 2. The smallest absolute Gasteiger partial charge is 0.374 e. The molecule has 4 bridgehead atoms. The number of carbonyl (C=O) groups is 2. The van der Waals surface area contributed by atoms with Crippen LogP contribution in [-0.4, -0.2) is 18.4 Å². The van der Waals surface area contributed by atoms with Crippen LogP contribution in [-0.2, 0) is 16.1 Å². The molecule has 0 amide bonds. The molecule has 2 aromatic rings. The summed E-state index contributed by atoms with van der Waals surface area (Å²) in [4.78, 5) is 25.3. The minimum atomic E-state index is -0.589. The second-order valence-corrected chi connectivity index (χ2v) is 9.06. The molecular formula is C24H26O5. The van der Waals surface area contributed by atoms with E-state index in [9.17, 15) is 9.59 Å². The second-order valence-electron chi connectivity index (χ2n) is 9.06. The predicted octanol–water partition coefficient (Wildman–Crippen LogP) is 4.80. The largest absolute Gasteiger partial charge is 0.486 e. The van der Waals surface area contributed by atoms with Crippen molar-refractivity contribution in [3.63, 3.8) is 0 Å². The summed E-state index contributed by atoms with van der Waals surface area (Å²) >= 11 is 0. The highest BCUT2D eigenvalue weighted by Crippen LogP contribution is 2.60. The van der Waals surface area contributed by atoms with E-state index < -0.39 is 5.97 Å². The topological polar surface area (TPSA) is 65.7 Å². The van der Waals surface area contributed by atoms with Crippen molar-refractivity contribution >= 4 is 11.8 Å². The van der Waals surface area contributed by atoms with E-state index in [2.05, 4.69) is 0 Å². The normalized spacial score (nSPS) is 29.6. The number of hydrogen-bond donors (Lipinski definition) is 0. The number of carbonyl (C=O) groups excluding carboxylic acids is 2. The van der Waals surface area contributed by atoms with Gasteiger partial charge in [0.2, 0.25) is 5.76 Å². The van der Waals surface area contributed by atoms with E-state index in [1.54, 1.807) is 12.1 Å².